The number of quaternary nitrogens is 1. The lowest BCUT2D eigenvalue weighted by Gasteiger charge is -2.48. The van der Waals surface area contributed by atoms with E-state index in [2.05, 4.69) is 13.1 Å². The Balaban J connectivity index is 1.94. The van der Waals surface area contributed by atoms with E-state index in [-0.39, 0.29) is 11.7 Å². The summed E-state index contributed by atoms with van der Waals surface area (Å²) in [5.41, 5.74) is 1.33. The van der Waals surface area contributed by atoms with Crippen LogP contribution in [0, 0.1) is 5.92 Å². The van der Waals surface area contributed by atoms with Gasteiger partial charge in [-0.2, -0.15) is 0 Å². The first kappa shape index (κ1) is 12.9. The van der Waals surface area contributed by atoms with Gasteiger partial charge in [-0.05, 0) is 19.4 Å². The summed E-state index contributed by atoms with van der Waals surface area (Å²) in [5.74, 6) is 1.03. The van der Waals surface area contributed by atoms with Gasteiger partial charge >= 0.3 is 0 Å². The molecular formula is C15H23N2O2+. The molecular weight excluding hydrogens is 240 g/mol. The largest absolute Gasteiger partial charge is 0.388 e. The number of likely N-dealkylation sites (N-methyl/N-ethyl adjacent to an activating group) is 1. The fourth-order valence-electron chi connectivity index (χ4n) is 4.26. The van der Waals surface area contributed by atoms with Crippen LogP contribution < -0.4 is 5.56 Å². The second kappa shape index (κ2) is 4.46. The minimum Gasteiger partial charge on any atom is -0.388 e. The highest BCUT2D eigenvalue weighted by Gasteiger charge is 2.42. The van der Waals surface area contributed by atoms with Gasteiger partial charge in [0, 0.05) is 30.1 Å². The summed E-state index contributed by atoms with van der Waals surface area (Å²) < 4.78 is 2.89. The van der Waals surface area contributed by atoms with Gasteiger partial charge in [0.15, 0.2) is 0 Å². The highest BCUT2D eigenvalue weighted by Crippen LogP contribution is 2.37. The number of rotatable bonds is 2. The summed E-state index contributed by atoms with van der Waals surface area (Å²) in [4.78, 5) is 12.0. The number of likely N-dealkylation sites (tertiary alicyclic amines) is 1. The monoisotopic (exact) mass is 263 g/mol. The number of aliphatic hydroxyl groups is 1. The fraction of sp³-hybridized carbons (Fsp3) is 0.667. The lowest BCUT2D eigenvalue weighted by molar-refractivity contribution is -0.922. The first-order valence-electron chi connectivity index (χ1n) is 7.18. The zero-order valence-corrected chi connectivity index (χ0v) is 11.7. The van der Waals surface area contributed by atoms with Gasteiger partial charge in [0.1, 0.15) is 12.6 Å². The molecule has 1 fully saturated rings. The fourth-order valence-corrected chi connectivity index (χ4v) is 4.26. The molecule has 1 N–H and O–H groups in total. The van der Waals surface area contributed by atoms with Crippen LogP contribution in [0.5, 0.6) is 0 Å². The molecule has 2 bridgehead atoms. The van der Waals surface area contributed by atoms with Crippen molar-refractivity contribution >= 4 is 0 Å². The molecule has 1 aromatic rings. The maximum atomic E-state index is 12.0. The highest BCUT2D eigenvalue weighted by atomic mass is 16.3. The minimum atomic E-state index is -0.262. The summed E-state index contributed by atoms with van der Waals surface area (Å²) in [5, 5.41) is 9.70. The van der Waals surface area contributed by atoms with E-state index in [1.54, 1.807) is 6.07 Å². The Bertz CT molecular complexity index is 537. The molecule has 0 radical (unpaired) electrons. The van der Waals surface area contributed by atoms with Crippen molar-refractivity contribution in [3.05, 3.63) is 34.2 Å². The molecule has 0 unspecified atom stereocenters. The quantitative estimate of drug-likeness (QED) is 0.802. The van der Waals surface area contributed by atoms with Crippen molar-refractivity contribution in [1.82, 2.24) is 4.57 Å². The number of hydrogen-bond donors (Lipinski definition) is 1. The number of aromatic nitrogens is 1. The van der Waals surface area contributed by atoms with E-state index in [4.69, 9.17) is 0 Å². The lowest BCUT2D eigenvalue weighted by atomic mass is 9.82. The third kappa shape index (κ3) is 2.35. The topological polar surface area (TPSA) is 42.2 Å². The Morgan fingerprint density at radius 3 is 3.00 bits per heavy atom. The van der Waals surface area contributed by atoms with Crippen LogP contribution in [0.1, 0.15) is 25.0 Å². The van der Waals surface area contributed by atoms with Crippen LogP contribution in [-0.4, -0.2) is 46.9 Å². The van der Waals surface area contributed by atoms with Gasteiger partial charge in [0.05, 0.1) is 20.1 Å². The number of aliphatic hydroxyl groups excluding tert-OH is 1. The molecule has 2 aliphatic heterocycles. The first-order chi connectivity index (χ1) is 8.97. The predicted molar refractivity (Wildman–Crippen MR) is 74.0 cm³/mol. The van der Waals surface area contributed by atoms with Crippen LogP contribution >= 0.6 is 0 Å². The number of hydrogen-bond acceptors (Lipinski definition) is 2. The number of nitrogens with zero attached hydrogens (tertiary/aromatic N) is 2. The van der Waals surface area contributed by atoms with Crippen molar-refractivity contribution in [3.63, 3.8) is 0 Å². The van der Waals surface area contributed by atoms with E-state index in [9.17, 15) is 9.90 Å². The Morgan fingerprint density at radius 2 is 2.26 bits per heavy atom. The van der Waals surface area contributed by atoms with Crippen LogP contribution in [0.25, 0.3) is 0 Å². The molecule has 4 nitrogen and oxygen atoms in total. The molecule has 104 valence electrons. The maximum absolute atomic E-state index is 12.0. The van der Waals surface area contributed by atoms with Crippen molar-refractivity contribution in [2.24, 2.45) is 5.92 Å². The van der Waals surface area contributed by atoms with Crippen molar-refractivity contribution in [1.29, 1.82) is 0 Å². The van der Waals surface area contributed by atoms with E-state index in [1.165, 1.54) is 12.1 Å². The van der Waals surface area contributed by atoms with Crippen LogP contribution in [-0.2, 0) is 6.54 Å². The van der Waals surface area contributed by atoms with E-state index in [0.717, 1.165) is 30.7 Å². The summed E-state index contributed by atoms with van der Waals surface area (Å²) in [6, 6.07) is 5.64. The Morgan fingerprint density at radius 1 is 1.47 bits per heavy atom. The first-order valence-corrected chi connectivity index (χ1v) is 7.18. The summed E-state index contributed by atoms with van der Waals surface area (Å²) in [7, 11) is 2.24. The molecule has 0 saturated carbocycles. The highest BCUT2D eigenvalue weighted by molar-refractivity contribution is 5.15. The van der Waals surface area contributed by atoms with Gasteiger partial charge in [-0.3, -0.25) is 4.79 Å². The average molecular weight is 263 g/mol. The van der Waals surface area contributed by atoms with Crippen LogP contribution in [0.15, 0.2) is 23.0 Å². The molecule has 2 aliphatic rings. The smallest absolute Gasteiger partial charge is 0.250 e. The third-order valence-electron chi connectivity index (χ3n) is 4.63. The minimum absolute atomic E-state index is 0.138. The van der Waals surface area contributed by atoms with Crippen LogP contribution in [0.3, 0.4) is 0 Å². The van der Waals surface area contributed by atoms with Crippen LogP contribution in [0.2, 0.25) is 0 Å². The molecule has 4 heteroatoms. The second-order valence-electron chi connectivity index (χ2n) is 6.71. The molecule has 3 rings (SSSR count). The van der Waals surface area contributed by atoms with Crippen molar-refractivity contribution in [3.8, 4) is 0 Å². The van der Waals surface area contributed by atoms with Gasteiger partial charge in [-0.15, -0.1) is 0 Å². The van der Waals surface area contributed by atoms with E-state index in [0.29, 0.717) is 11.8 Å². The van der Waals surface area contributed by atoms with Crippen molar-refractivity contribution in [2.75, 3.05) is 26.7 Å². The van der Waals surface area contributed by atoms with E-state index >= 15 is 0 Å². The average Bonchev–Trinajstić information content (AvgIpc) is 2.28. The summed E-state index contributed by atoms with van der Waals surface area (Å²) >= 11 is 0. The summed E-state index contributed by atoms with van der Waals surface area (Å²) in [6.07, 6.45) is 0.929. The van der Waals surface area contributed by atoms with Gasteiger partial charge in [-0.1, -0.05) is 6.07 Å². The standard InChI is InChI=1S/C15H23N2O2/c1-11(18)8-17(2)9-12-6-13(10-17)14-4-3-5-15(19)16(14)7-12/h3-5,11-13,18H,6-10H2,1-2H3/q+1/t11-,12-,13-,17-/m1/s1. The SMILES string of the molecule is C[C@@H](O)C[N@+]1(C)C[C@@H]2C[C@H](C1)c1cccc(=O)n1C2. The second-order valence-corrected chi connectivity index (χ2v) is 6.71. The molecule has 0 spiro atoms. The van der Waals surface area contributed by atoms with Gasteiger partial charge in [-0.25, -0.2) is 0 Å². The Kier molecular flexibility index (Phi) is 3.02. The number of piperidine rings is 1. The zero-order chi connectivity index (χ0) is 13.6. The van der Waals surface area contributed by atoms with Gasteiger partial charge < -0.3 is 14.2 Å². The number of pyridine rings is 1. The Hall–Kier alpha value is -1.13. The van der Waals surface area contributed by atoms with E-state index < -0.39 is 0 Å². The van der Waals surface area contributed by atoms with Crippen LogP contribution in [0.4, 0.5) is 0 Å². The van der Waals surface area contributed by atoms with Crippen molar-refractivity contribution < 1.29 is 9.59 Å². The lowest BCUT2D eigenvalue weighted by Crippen LogP contribution is -2.59. The Labute approximate surface area is 113 Å². The molecule has 4 atom stereocenters. The molecule has 3 heterocycles. The summed E-state index contributed by atoms with van der Waals surface area (Å²) in [6.45, 7) is 5.63. The van der Waals surface area contributed by atoms with Crippen molar-refractivity contribution in [2.45, 2.75) is 31.9 Å². The molecule has 0 amide bonds. The molecule has 19 heavy (non-hydrogen) atoms. The predicted octanol–water partition coefficient (Wildman–Crippen LogP) is 0.793. The third-order valence-corrected chi connectivity index (χ3v) is 4.63. The molecule has 0 aliphatic carbocycles. The van der Waals surface area contributed by atoms with E-state index in [1.807, 2.05) is 17.6 Å². The molecule has 1 saturated heterocycles. The van der Waals surface area contributed by atoms with Gasteiger partial charge in [0.2, 0.25) is 0 Å². The molecule has 0 aromatic carbocycles. The van der Waals surface area contributed by atoms with Gasteiger partial charge in [0.25, 0.3) is 5.56 Å². The molecule has 1 aromatic heterocycles. The zero-order valence-electron chi connectivity index (χ0n) is 11.7. The normalized spacial score (nSPS) is 34.7. The maximum Gasteiger partial charge on any atom is 0.250 e. The number of fused-ring (bicyclic) bond motifs is 4.